The summed E-state index contributed by atoms with van der Waals surface area (Å²) in [6.07, 6.45) is 6.24. The summed E-state index contributed by atoms with van der Waals surface area (Å²) >= 11 is 5.92. The van der Waals surface area contributed by atoms with E-state index >= 15 is 0 Å². The van der Waals surface area contributed by atoms with E-state index in [0.717, 1.165) is 11.1 Å². The first kappa shape index (κ1) is 18.1. The lowest BCUT2D eigenvalue weighted by molar-refractivity contribution is 0.0678. The van der Waals surface area contributed by atoms with Crippen LogP contribution in [-0.4, -0.2) is 41.6 Å². The summed E-state index contributed by atoms with van der Waals surface area (Å²) in [5, 5.41) is 14.0. The van der Waals surface area contributed by atoms with Gasteiger partial charge in [-0.2, -0.15) is 5.10 Å². The summed E-state index contributed by atoms with van der Waals surface area (Å²) in [6.45, 7) is 3.99. The van der Waals surface area contributed by atoms with Gasteiger partial charge in [0.05, 0.1) is 23.5 Å². The van der Waals surface area contributed by atoms with E-state index in [1.54, 1.807) is 28.0 Å². The summed E-state index contributed by atoms with van der Waals surface area (Å²) in [4.78, 5) is 34.2. The van der Waals surface area contributed by atoms with Gasteiger partial charge in [0.2, 0.25) is 0 Å². The van der Waals surface area contributed by atoms with E-state index in [4.69, 9.17) is 11.6 Å². The first-order valence-electron chi connectivity index (χ1n) is 8.56. The zero-order chi connectivity index (χ0) is 20.0. The Hall–Kier alpha value is -3.26. The van der Waals surface area contributed by atoms with E-state index in [0.29, 0.717) is 22.0 Å². The van der Waals surface area contributed by atoms with E-state index < -0.39 is 5.97 Å². The molecule has 4 heterocycles. The second-order valence-electron chi connectivity index (χ2n) is 6.61. The quantitative estimate of drug-likeness (QED) is 0.726. The van der Waals surface area contributed by atoms with Crippen molar-refractivity contribution in [2.75, 3.05) is 0 Å². The lowest BCUT2D eigenvalue weighted by Gasteiger charge is -2.25. The third-order valence-electron chi connectivity index (χ3n) is 4.87. The number of amides is 1. The molecule has 1 atom stereocenters. The predicted octanol–water partition coefficient (Wildman–Crippen LogP) is 3.04. The maximum atomic E-state index is 12.8. The molecule has 0 bridgehead atoms. The van der Waals surface area contributed by atoms with Gasteiger partial charge in [0.1, 0.15) is 0 Å². The number of carboxylic acid groups (broad SMARTS) is 1. The van der Waals surface area contributed by atoms with Crippen LogP contribution in [0.3, 0.4) is 0 Å². The van der Waals surface area contributed by atoms with Gasteiger partial charge in [-0.15, -0.1) is 0 Å². The number of aromatic nitrogens is 4. The van der Waals surface area contributed by atoms with Crippen molar-refractivity contribution in [1.82, 2.24) is 24.6 Å². The molecule has 1 amide bonds. The van der Waals surface area contributed by atoms with Crippen molar-refractivity contribution in [3.05, 3.63) is 69.9 Å². The van der Waals surface area contributed by atoms with E-state index in [9.17, 15) is 14.7 Å². The van der Waals surface area contributed by atoms with E-state index in [1.165, 1.54) is 12.4 Å². The topological polar surface area (TPSA) is 101 Å². The molecule has 0 fully saturated rings. The van der Waals surface area contributed by atoms with Crippen LogP contribution >= 0.6 is 11.6 Å². The number of carbonyl (C=O) groups excluding carboxylic acids is 1. The van der Waals surface area contributed by atoms with Gasteiger partial charge >= 0.3 is 5.97 Å². The molecular weight excluding hydrogens is 382 g/mol. The van der Waals surface area contributed by atoms with Crippen molar-refractivity contribution in [2.24, 2.45) is 0 Å². The fraction of sp³-hybridized carbons (Fsp3) is 0.211. The van der Waals surface area contributed by atoms with E-state index in [-0.39, 0.29) is 24.2 Å². The largest absolute Gasteiger partial charge is 0.477 e. The normalized spacial score (nSPS) is 14.2. The Bertz CT molecular complexity index is 1110. The van der Waals surface area contributed by atoms with Crippen LogP contribution in [0.4, 0.5) is 0 Å². The van der Waals surface area contributed by atoms with Crippen LogP contribution in [0, 0.1) is 6.92 Å². The lowest BCUT2D eigenvalue weighted by atomic mass is 10.1. The van der Waals surface area contributed by atoms with Crippen LogP contribution in [0.15, 0.2) is 36.9 Å². The minimum atomic E-state index is -1.14. The average molecular weight is 398 g/mol. The number of nitrogens with zero attached hydrogens (tertiary/aromatic N) is 5. The maximum Gasteiger partial charge on any atom is 0.354 e. The second-order valence-corrected chi connectivity index (χ2v) is 7.05. The number of aromatic carboxylic acids is 1. The average Bonchev–Trinajstić information content (AvgIpc) is 3.24. The van der Waals surface area contributed by atoms with Crippen LogP contribution in [0.25, 0.3) is 5.82 Å². The summed E-state index contributed by atoms with van der Waals surface area (Å²) < 4.78 is 1.59. The molecule has 3 aromatic heterocycles. The van der Waals surface area contributed by atoms with Crippen LogP contribution in [0.5, 0.6) is 0 Å². The van der Waals surface area contributed by atoms with Gasteiger partial charge in [0.15, 0.2) is 11.5 Å². The smallest absolute Gasteiger partial charge is 0.354 e. The Kier molecular flexibility index (Phi) is 4.35. The summed E-state index contributed by atoms with van der Waals surface area (Å²) in [7, 11) is 0. The van der Waals surface area contributed by atoms with Crippen molar-refractivity contribution in [1.29, 1.82) is 0 Å². The molecule has 0 aromatic carbocycles. The number of carbonyl (C=O) groups is 2. The molecule has 0 radical (unpaired) electrons. The van der Waals surface area contributed by atoms with Gasteiger partial charge in [-0.1, -0.05) is 11.6 Å². The number of pyridine rings is 2. The number of rotatable bonds is 4. The molecule has 1 aliphatic heterocycles. The highest BCUT2D eigenvalue weighted by Gasteiger charge is 2.35. The third kappa shape index (κ3) is 2.91. The fourth-order valence-corrected chi connectivity index (χ4v) is 3.54. The summed E-state index contributed by atoms with van der Waals surface area (Å²) in [5.41, 5.74) is 2.46. The van der Waals surface area contributed by atoms with Crippen molar-refractivity contribution < 1.29 is 14.7 Å². The predicted molar refractivity (Wildman–Crippen MR) is 101 cm³/mol. The number of halogens is 1. The molecule has 1 aliphatic rings. The Morgan fingerprint density at radius 2 is 2.11 bits per heavy atom. The van der Waals surface area contributed by atoms with Crippen LogP contribution in [0.1, 0.15) is 50.5 Å². The SMILES string of the molecule is Cc1cc(C(C)N2Cc3c(ccnc3C(=O)O)C2=O)cnc1-n1cc(Cl)cn1. The zero-order valence-electron chi connectivity index (χ0n) is 15.1. The highest BCUT2D eigenvalue weighted by molar-refractivity contribution is 6.30. The van der Waals surface area contributed by atoms with Gasteiger partial charge < -0.3 is 10.0 Å². The Morgan fingerprint density at radius 1 is 1.32 bits per heavy atom. The standard InChI is InChI=1S/C19H16ClN5O3/c1-10-5-12(6-22-17(10)25-8-13(20)7-23-25)11(2)24-9-15-14(18(24)26)3-4-21-16(15)19(27)28/h3-8,11H,9H2,1-2H3,(H,27,28). The Morgan fingerprint density at radius 3 is 2.75 bits per heavy atom. The van der Waals surface area contributed by atoms with Crippen molar-refractivity contribution in [2.45, 2.75) is 26.4 Å². The molecule has 28 heavy (non-hydrogen) atoms. The number of aryl methyl sites for hydroxylation is 1. The molecule has 9 heteroatoms. The Labute approximate surface area is 165 Å². The molecular formula is C19H16ClN5O3. The molecule has 4 rings (SSSR count). The fourth-order valence-electron chi connectivity index (χ4n) is 3.40. The second kappa shape index (κ2) is 6.72. The molecule has 0 saturated heterocycles. The van der Waals surface area contributed by atoms with Gasteiger partial charge in [-0.05, 0) is 37.1 Å². The van der Waals surface area contributed by atoms with Gasteiger partial charge in [0, 0.05) is 30.1 Å². The number of hydrogen-bond acceptors (Lipinski definition) is 5. The first-order chi connectivity index (χ1) is 13.4. The molecule has 0 saturated carbocycles. The van der Waals surface area contributed by atoms with Gasteiger partial charge in [0.25, 0.3) is 5.91 Å². The number of carboxylic acids is 1. The molecule has 1 N–H and O–H groups in total. The molecule has 1 unspecified atom stereocenters. The van der Waals surface area contributed by atoms with Crippen LogP contribution < -0.4 is 0 Å². The van der Waals surface area contributed by atoms with Gasteiger partial charge in [-0.25, -0.2) is 19.4 Å². The molecule has 3 aromatic rings. The first-order valence-corrected chi connectivity index (χ1v) is 8.94. The van der Waals surface area contributed by atoms with Gasteiger partial charge in [-0.3, -0.25) is 4.79 Å². The highest BCUT2D eigenvalue weighted by atomic mass is 35.5. The monoisotopic (exact) mass is 397 g/mol. The van der Waals surface area contributed by atoms with Crippen molar-refractivity contribution in [3.8, 4) is 5.82 Å². The highest BCUT2D eigenvalue weighted by Crippen LogP contribution is 2.32. The number of hydrogen-bond donors (Lipinski definition) is 1. The van der Waals surface area contributed by atoms with Crippen molar-refractivity contribution >= 4 is 23.5 Å². The minimum Gasteiger partial charge on any atom is -0.477 e. The zero-order valence-corrected chi connectivity index (χ0v) is 15.9. The molecule has 0 spiro atoms. The molecule has 8 nitrogen and oxygen atoms in total. The van der Waals surface area contributed by atoms with E-state index in [2.05, 4.69) is 15.1 Å². The van der Waals surface area contributed by atoms with Crippen molar-refractivity contribution in [3.63, 3.8) is 0 Å². The molecule has 142 valence electrons. The lowest BCUT2D eigenvalue weighted by Crippen LogP contribution is -2.27. The maximum absolute atomic E-state index is 12.8. The minimum absolute atomic E-state index is 0.0826. The summed E-state index contributed by atoms with van der Waals surface area (Å²) in [5.74, 6) is -0.705. The summed E-state index contributed by atoms with van der Waals surface area (Å²) in [6, 6.07) is 3.21. The van der Waals surface area contributed by atoms with Crippen LogP contribution in [0.2, 0.25) is 5.02 Å². The Balaban J connectivity index is 1.64. The van der Waals surface area contributed by atoms with Crippen LogP contribution in [-0.2, 0) is 6.54 Å². The number of fused-ring (bicyclic) bond motifs is 1. The molecule has 0 aliphatic carbocycles. The third-order valence-corrected chi connectivity index (χ3v) is 5.06. The van der Waals surface area contributed by atoms with E-state index in [1.807, 2.05) is 19.9 Å².